The first kappa shape index (κ1) is 16.2. The molecule has 0 aromatic rings. The van der Waals surface area contributed by atoms with Crippen molar-refractivity contribution in [2.24, 2.45) is 5.73 Å². The number of alkyl halides is 3. The van der Waals surface area contributed by atoms with E-state index in [-0.39, 0.29) is 19.0 Å². The van der Waals surface area contributed by atoms with Gasteiger partial charge in [-0.3, -0.25) is 4.79 Å². The molecule has 0 spiro atoms. The first-order chi connectivity index (χ1) is 7.46. The standard InChI is InChI=1S/C10H19F3N2O2/c1-7(6-9(2,14)8(16)17)15(3)5-4-10(11,12)13/h7H,4-6,14H2,1-3H3,(H,16,17). The predicted octanol–water partition coefficient (Wildman–Crippen LogP) is 1.45. The van der Waals surface area contributed by atoms with Gasteiger partial charge < -0.3 is 15.7 Å². The molecule has 102 valence electrons. The average molecular weight is 256 g/mol. The van der Waals surface area contributed by atoms with Gasteiger partial charge in [-0.2, -0.15) is 13.2 Å². The largest absolute Gasteiger partial charge is 0.480 e. The second-order valence-corrected chi connectivity index (χ2v) is 4.62. The van der Waals surface area contributed by atoms with Crippen molar-refractivity contribution in [1.82, 2.24) is 4.90 Å². The van der Waals surface area contributed by atoms with Gasteiger partial charge in [0.25, 0.3) is 0 Å². The van der Waals surface area contributed by atoms with E-state index in [0.717, 1.165) is 0 Å². The van der Waals surface area contributed by atoms with Crippen molar-refractivity contribution in [3.8, 4) is 0 Å². The van der Waals surface area contributed by atoms with Crippen molar-refractivity contribution in [3.63, 3.8) is 0 Å². The monoisotopic (exact) mass is 256 g/mol. The molecule has 0 aliphatic rings. The molecule has 0 amide bonds. The lowest BCUT2D eigenvalue weighted by Gasteiger charge is -2.30. The molecule has 17 heavy (non-hydrogen) atoms. The topological polar surface area (TPSA) is 66.6 Å². The fourth-order valence-corrected chi connectivity index (χ4v) is 1.38. The summed E-state index contributed by atoms with van der Waals surface area (Å²) in [5.41, 5.74) is 4.11. The molecule has 0 heterocycles. The fourth-order valence-electron chi connectivity index (χ4n) is 1.38. The third-order valence-electron chi connectivity index (χ3n) is 2.71. The Kier molecular flexibility index (Phi) is 5.41. The summed E-state index contributed by atoms with van der Waals surface area (Å²) < 4.78 is 36.0. The fraction of sp³-hybridized carbons (Fsp3) is 0.900. The van der Waals surface area contributed by atoms with Crippen LogP contribution in [0.5, 0.6) is 0 Å². The number of halogens is 3. The zero-order chi connectivity index (χ0) is 13.9. The summed E-state index contributed by atoms with van der Waals surface area (Å²) in [6, 6.07) is -0.330. The molecule has 0 bridgehead atoms. The Morgan fingerprint density at radius 3 is 2.29 bits per heavy atom. The number of carbonyl (C=O) groups is 1. The van der Waals surface area contributed by atoms with E-state index in [4.69, 9.17) is 10.8 Å². The number of carboxylic acids is 1. The van der Waals surface area contributed by atoms with E-state index in [0.29, 0.717) is 0 Å². The molecule has 4 nitrogen and oxygen atoms in total. The smallest absolute Gasteiger partial charge is 0.390 e. The molecule has 0 saturated heterocycles. The number of nitrogens with zero attached hydrogens (tertiary/aromatic N) is 1. The Hall–Kier alpha value is -0.820. The van der Waals surface area contributed by atoms with Gasteiger partial charge in [-0.15, -0.1) is 0 Å². The molecule has 0 aromatic carbocycles. The Morgan fingerprint density at radius 2 is 1.94 bits per heavy atom. The highest BCUT2D eigenvalue weighted by atomic mass is 19.4. The van der Waals surface area contributed by atoms with Gasteiger partial charge in [-0.25, -0.2) is 0 Å². The average Bonchev–Trinajstić information content (AvgIpc) is 2.11. The van der Waals surface area contributed by atoms with Crippen LogP contribution in [-0.2, 0) is 4.79 Å². The van der Waals surface area contributed by atoms with Crippen LogP contribution < -0.4 is 5.73 Å². The van der Waals surface area contributed by atoms with Gasteiger partial charge in [0.05, 0.1) is 6.42 Å². The van der Waals surface area contributed by atoms with Crippen LogP contribution in [0.2, 0.25) is 0 Å². The van der Waals surface area contributed by atoms with Crippen LogP contribution in [0.4, 0.5) is 13.2 Å². The maximum absolute atomic E-state index is 12.0. The van der Waals surface area contributed by atoms with E-state index in [1.807, 2.05) is 0 Å². The normalized spacial score (nSPS) is 17.9. The van der Waals surface area contributed by atoms with E-state index < -0.39 is 24.1 Å². The summed E-state index contributed by atoms with van der Waals surface area (Å²) >= 11 is 0. The van der Waals surface area contributed by atoms with Crippen molar-refractivity contribution < 1.29 is 23.1 Å². The highest BCUT2D eigenvalue weighted by Gasteiger charge is 2.32. The van der Waals surface area contributed by atoms with Crippen LogP contribution in [0, 0.1) is 0 Å². The van der Waals surface area contributed by atoms with Crippen LogP contribution >= 0.6 is 0 Å². The van der Waals surface area contributed by atoms with E-state index >= 15 is 0 Å². The molecule has 0 aromatic heterocycles. The highest BCUT2D eigenvalue weighted by molar-refractivity contribution is 5.77. The Bertz CT molecular complexity index is 267. The number of nitrogens with two attached hydrogens (primary N) is 1. The second kappa shape index (κ2) is 5.68. The molecule has 0 radical (unpaired) electrons. The number of carboxylic acid groups (broad SMARTS) is 1. The summed E-state index contributed by atoms with van der Waals surface area (Å²) in [5, 5.41) is 8.81. The molecule has 0 saturated carbocycles. The first-order valence-corrected chi connectivity index (χ1v) is 5.25. The second-order valence-electron chi connectivity index (χ2n) is 4.62. The molecule has 0 fully saturated rings. The minimum atomic E-state index is -4.20. The van der Waals surface area contributed by atoms with Gasteiger partial charge in [0.2, 0.25) is 0 Å². The third-order valence-corrected chi connectivity index (χ3v) is 2.71. The Labute approximate surface area is 98.6 Å². The number of hydrogen-bond donors (Lipinski definition) is 2. The quantitative estimate of drug-likeness (QED) is 0.755. The summed E-state index contributed by atoms with van der Waals surface area (Å²) in [4.78, 5) is 12.2. The highest BCUT2D eigenvalue weighted by Crippen LogP contribution is 2.21. The molecule has 0 rings (SSSR count). The van der Waals surface area contributed by atoms with Gasteiger partial charge >= 0.3 is 12.1 Å². The van der Waals surface area contributed by atoms with Crippen molar-refractivity contribution in [3.05, 3.63) is 0 Å². The van der Waals surface area contributed by atoms with Crippen molar-refractivity contribution >= 4 is 5.97 Å². The van der Waals surface area contributed by atoms with Gasteiger partial charge in [0, 0.05) is 12.6 Å². The molecule has 3 N–H and O–H groups in total. The maximum atomic E-state index is 12.0. The molecular formula is C10H19F3N2O2. The van der Waals surface area contributed by atoms with Crippen LogP contribution in [0.15, 0.2) is 0 Å². The Morgan fingerprint density at radius 1 is 1.47 bits per heavy atom. The zero-order valence-corrected chi connectivity index (χ0v) is 10.2. The zero-order valence-electron chi connectivity index (χ0n) is 10.2. The summed E-state index contributed by atoms with van der Waals surface area (Å²) in [6.45, 7) is 2.84. The first-order valence-electron chi connectivity index (χ1n) is 5.25. The van der Waals surface area contributed by atoms with Crippen LogP contribution in [0.3, 0.4) is 0 Å². The number of hydrogen-bond acceptors (Lipinski definition) is 3. The molecule has 0 aliphatic carbocycles. The van der Waals surface area contributed by atoms with Crippen molar-refractivity contribution in [1.29, 1.82) is 0 Å². The summed E-state index contributed by atoms with van der Waals surface area (Å²) in [5.74, 6) is -1.16. The summed E-state index contributed by atoms with van der Waals surface area (Å²) in [7, 11) is 1.52. The van der Waals surface area contributed by atoms with Gasteiger partial charge in [0.1, 0.15) is 5.54 Å². The lowest BCUT2D eigenvalue weighted by molar-refractivity contribution is -0.144. The molecule has 2 unspecified atom stereocenters. The van der Waals surface area contributed by atoms with E-state index in [2.05, 4.69) is 0 Å². The van der Waals surface area contributed by atoms with E-state index in [1.54, 1.807) is 6.92 Å². The molecule has 7 heteroatoms. The molecule has 0 aliphatic heterocycles. The molecule has 2 atom stereocenters. The lowest BCUT2D eigenvalue weighted by atomic mass is 9.94. The molecular weight excluding hydrogens is 237 g/mol. The number of aliphatic carboxylic acids is 1. The maximum Gasteiger partial charge on any atom is 0.390 e. The Balaban J connectivity index is 4.23. The van der Waals surface area contributed by atoms with E-state index in [1.165, 1.54) is 18.9 Å². The third kappa shape index (κ3) is 6.48. The number of rotatable bonds is 6. The van der Waals surface area contributed by atoms with E-state index in [9.17, 15) is 18.0 Å². The van der Waals surface area contributed by atoms with Crippen molar-refractivity contribution in [2.45, 2.75) is 44.4 Å². The van der Waals surface area contributed by atoms with Gasteiger partial charge in [-0.05, 0) is 27.3 Å². The predicted molar refractivity (Wildman–Crippen MR) is 57.6 cm³/mol. The minimum absolute atomic E-state index is 0.0939. The van der Waals surface area contributed by atoms with Crippen LogP contribution in [0.1, 0.15) is 26.7 Å². The lowest BCUT2D eigenvalue weighted by Crippen LogP contribution is -2.49. The summed E-state index contributed by atoms with van der Waals surface area (Å²) in [6.07, 6.45) is -5.02. The van der Waals surface area contributed by atoms with Gasteiger partial charge in [0.15, 0.2) is 0 Å². The van der Waals surface area contributed by atoms with Crippen LogP contribution in [0.25, 0.3) is 0 Å². The van der Waals surface area contributed by atoms with Crippen molar-refractivity contribution in [2.75, 3.05) is 13.6 Å². The minimum Gasteiger partial charge on any atom is -0.480 e. The van der Waals surface area contributed by atoms with Crippen LogP contribution in [-0.4, -0.2) is 47.3 Å². The SMILES string of the molecule is CC(CC(C)(N)C(=O)O)N(C)CCC(F)(F)F. The van der Waals surface area contributed by atoms with Gasteiger partial charge in [-0.1, -0.05) is 0 Å².